The van der Waals surface area contributed by atoms with Crippen molar-refractivity contribution < 1.29 is 32.7 Å². The molecule has 1 aliphatic heterocycles. The van der Waals surface area contributed by atoms with Gasteiger partial charge in [0.05, 0.1) is 17.5 Å². The first-order chi connectivity index (χ1) is 17.3. The molecule has 1 saturated heterocycles. The summed E-state index contributed by atoms with van der Waals surface area (Å²) in [6, 6.07) is 12.3. The number of rotatable bonds is 6. The third-order valence-corrected chi connectivity index (χ3v) is 5.77. The quantitative estimate of drug-likeness (QED) is 0.506. The molecule has 4 rings (SSSR count). The van der Waals surface area contributed by atoms with Gasteiger partial charge in [0.1, 0.15) is 5.82 Å². The average molecular weight is 514 g/mol. The Morgan fingerprint density at radius 2 is 1.67 bits per heavy atom. The Kier molecular flexibility index (Phi) is 7.65. The average Bonchev–Trinajstić information content (AvgIpc) is 3.42. The van der Waals surface area contributed by atoms with Crippen molar-refractivity contribution >= 4 is 41.0 Å². The van der Waals surface area contributed by atoms with Crippen molar-refractivity contribution in [3.8, 4) is 0 Å². The first kappa shape index (κ1) is 24.9. The third kappa shape index (κ3) is 5.89. The number of hydrogen-bond acceptors (Lipinski definition) is 6. The van der Waals surface area contributed by atoms with Crippen LogP contribution in [0.5, 0.6) is 0 Å². The van der Waals surface area contributed by atoms with E-state index in [9.17, 15) is 23.6 Å². The van der Waals surface area contributed by atoms with E-state index in [1.807, 2.05) is 0 Å². The number of nitrogens with one attached hydrogen (secondary N) is 1. The molecule has 9 nitrogen and oxygen atoms in total. The summed E-state index contributed by atoms with van der Waals surface area (Å²) in [5.74, 6) is -2.34. The van der Waals surface area contributed by atoms with E-state index in [4.69, 9.17) is 20.8 Å². The molecule has 0 saturated carbocycles. The molecule has 0 bridgehead atoms. The fraction of sp³-hybridized carbons (Fsp3) is 0.200. The molecule has 1 aromatic heterocycles. The number of ether oxygens (including phenoxy) is 1. The molecule has 0 atom stereocenters. The fourth-order valence-electron chi connectivity index (χ4n) is 3.60. The van der Waals surface area contributed by atoms with Crippen LogP contribution in [0.15, 0.2) is 65.3 Å². The number of benzene rings is 2. The van der Waals surface area contributed by atoms with Gasteiger partial charge in [0.2, 0.25) is 0 Å². The fourth-order valence-corrected chi connectivity index (χ4v) is 3.78. The van der Waals surface area contributed by atoms with Crippen molar-refractivity contribution in [1.82, 2.24) is 9.80 Å². The van der Waals surface area contributed by atoms with Crippen LogP contribution in [0.3, 0.4) is 0 Å². The topological polar surface area (TPSA) is 109 Å². The summed E-state index contributed by atoms with van der Waals surface area (Å²) in [6.45, 7) is 0.677. The second-order valence-electron chi connectivity index (χ2n) is 7.88. The van der Waals surface area contributed by atoms with Gasteiger partial charge in [-0.1, -0.05) is 11.6 Å². The molecule has 36 heavy (non-hydrogen) atoms. The summed E-state index contributed by atoms with van der Waals surface area (Å²) in [5.41, 5.74) is 0.256. The first-order valence-corrected chi connectivity index (χ1v) is 11.3. The van der Waals surface area contributed by atoms with Crippen LogP contribution in [-0.2, 0) is 9.53 Å². The van der Waals surface area contributed by atoms with Crippen molar-refractivity contribution in [2.24, 2.45) is 0 Å². The third-order valence-electron chi connectivity index (χ3n) is 5.53. The van der Waals surface area contributed by atoms with Gasteiger partial charge < -0.3 is 24.3 Å². The van der Waals surface area contributed by atoms with Gasteiger partial charge in [-0.3, -0.25) is 14.4 Å². The Morgan fingerprint density at radius 1 is 0.972 bits per heavy atom. The lowest BCUT2D eigenvalue weighted by atomic mass is 10.1. The molecule has 3 aromatic rings. The minimum absolute atomic E-state index is 0.00322. The Morgan fingerprint density at radius 3 is 2.33 bits per heavy atom. The highest BCUT2D eigenvalue weighted by atomic mass is 35.5. The van der Waals surface area contributed by atoms with Gasteiger partial charge >= 0.3 is 5.97 Å². The summed E-state index contributed by atoms with van der Waals surface area (Å²) in [6.07, 6.45) is 1.42. The van der Waals surface area contributed by atoms with Crippen LogP contribution < -0.4 is 5.32 Å². The summed E-state index contributed by atoms with van der Waals surface area (Å²) >= 11 is 6.02. The van der Waals surface area contributed by atoms with Crippen molar-refractivity contribution in [1.29, 1.82) is 0 Å². The van der Waals surface area contributed by atoms with E-state index in [1.54, 1.807) is 17.0 Å². The van der Waals surface area contributed by atoms with Crippen LogP contribution in [0.1, 0.15) is 31.3 Å². The summed E-state index contributed by atoms with van der Waals surface area (Å²) < 4.78 is 23.4. The number of esters is 1. The molecule has 3 amide bonds. The SMILES string of the molecule is O=C(Nc1cc(Cl)ccc1C(=O)OCC(=O)N1CCN(C(=O)c2ccco2)CC1)c1ccc(F)cc1. The smallest absolute Gasteiger partial charge is 0.340 e. The standard InChI is InChI=1S/C25H21ClFN3O6/c26-17-5-8-19(20(14-17)28-23(32)16-3-6-18(27)7-4-16)25(34)36-15-22(31)29-9-11-30(12-10-29)24(33)21-2-1-13-35-21/h1-8,13-14H,9-12,15H2,(H,28,32). The zero-order valence-electron chi connectivity index (χ0n) is 18.9. The maximum absolute atomic E-state index is 13.1. The normalized spacial score (nSPS) is 13.3. The van der Waals surface area contributed by atoms with E-state index in [2.05, 4.69) is 5.32 Å². The molecule has 11 heteroatoms. The lowest BCUT2D eigenvalue weighted by Gasteiger charge is -2.34. The van der Waals surface area contributed by atoms with E-state index in [0.29, 0.717) is 13.1 Å². The zero-order chi connectivity index (χ0) is 25.7. The Balaban J connectivity index is 1.33. The van der Waals surface area contributed by atoms with E-state index in [1.165, 1.54) is 41.5 Å². The second kappa shape index (κ2) is 11.0. The predicted octanol–water partition coefficient (Wildman–Crippen LogP) is 3.47. The van der Waals surface area contributed by atoms with E-state index in [0.717, 1.165) is 12.1 Å². The molecule has 1 fully saturated rings. The van der Waals surface area contributed by atoms with Gasteiger partial charge in [-0.25, -0.2) is 9.18 Å². The van der Waals surface area contributed by atoms with Gasteiger partial charge in [0.15, 0.2) is 12.4 Å². The monoisotopic (exact) mass is 513 g/mol. The first-order valence-electron chi connectivity index (χ1n) is 11.0. The highest BCUT2D eigenvalue weighted by Gasteiger charge is 2.27. The molecular formula is C25H21ClFN3O6. The van der Waals surface area contributed by atoms with E-state index in [-0.39, 0.29) is 46.6 Å². The van der Waals surface area contributed by atoms with Crippen molar-refractivity contribution in [2.75, 3.05) is 38.1 Å². The number of hydrogen-bond donors (Lipinski definition) is 1. The van der Waals surface area contributed by atoms with Crippen LogP contribution >= 0.6 is 11.6 Å². The lowest BCUT2D eigenvalue weighted by Crippen LogP contribution is -2.51. The van der Waals surface area contributed by atoms with Gasteiger partial charge in [0, 0.05) is 36.8 Å². The maximum atomic E-state index is 13.1. The molecule has 186 valence electrons. The number of anilines is 1. The van der Waals surface area contributed by atoms with Crippen molar-refractivity contribution in [2.45, 2.75) is 0 Å². The van der Waals surface area contributed by atoms with Crippen LogP contribution in [0.25, 0.3) is 0 Å². The summed E-state index contributed by atoms with van der Waals surface area (Å²) in [7, 11) is 0. The van der Waals surface area contributed by atoms with Crippen molar-refractivity contribution in [3.63, 3.8) is 0 Å². The minimum Gasteiger partial charge on any atom is -0.459 e. The number of furan rings is 1. The highest BCUT2D eigenvalue weighted by Crippen LogP contribution is 2.23. The van der Waals surface area contributed by atoms with Crippen LogP contribution in [0.2, 0.25) is 5.02 Å². The Labute approximate surface area is 210 Å². The van der Waals surface area contributed by atoms with Crippen LogP contribution in [0, 0.1) is 5.82 Å². The Bertz CT molecular complexity index is 1270. The minimum atomic E-state index is -0.832. The molecule has 1 N–H and O–H groups in total. The zero-order valence-corrected chi connectivity index (χ0v) is 19.7. The number of carbonyl (C=O) groups excluding carboxylic acids is 4. The van der Waals surface area contributed by atoms with E-state index < -0.39 is 30.2 Å². The molecule has 0 aliphatic carbocycles. The van der Waals surface area contributed by atoms with E-state index >= 15 is 0 Å². The molecule has 2 heterocycles. The lowest BCUT2D eigenvalue weighted by molar-refractivity contribution is -0.136. The van der Waals surface area contributed by atoms with Gasteiger partial charge in [-0.05, 0) is 54.6 Å². The van der Waals surface area contributed by atoms with Crippen LogP contribution in [0.4, 0.5) is 10.1 Å². The van der Waals surface area contributed by atoms with Gasteiger partial charge in [-0.2, -0.15) is 0 Å². The number of carbonyl (C=O) groups is 4. The second-order valence-corrected chi connectivity index (χ2v) is 8.31. The maximum Gasteiger partial charge on any atom is 0.340 e. The van der Waals surface area contributed by atoms with Crippen LogP contribution in [-0.4, -0.2) is 66.3 Å². The number of nitrogens with zero attached hydrogens (tertiary/aromatic N) is 2. The Hall–Kier alpha value is -4.18. The molecule has 0 radical (unpaired) electrons. The summed E-state index contributed by atoms with van der Waals surface area (Å²) in [4.78, 5) is 53.2. The number of piperazine rings is 1. The number of halogens is 2. The molecule has 1 aliphatic rings. The molecule has 0 spiro atoms. The van der Waals surface area contributed by atoms with Crippen molar-refractivity contribution in [3.05, 3.63) is 88.6 Å². The highest BCUT2D eigenvalue weighted by molar-refractivity contribution is 6.31. The summed E-state index contributed by atoms with van der Waals surface area (Å²) in [5, 5.41) is 2.82. The largest absolute Gasteiger partial charge is 0.459 e. The van der Waals surface area contributed by atoms with Gasteiger partial charge in [0.25, 0.3) is 17.7 Å². The molecule has 2 aromatic carbocycles. The predicted molar refractivity (Wildman–Crippen MR) is 127 cm³/mol. The molecule has 0 unspecified atom stereocenters. The number of amides is 3. The van der Waals surface area contributed by atoms with Gasteiger partial charge in [-0.15, -0.1) is 0 Å². The molecular weight excluding hydrogens is 493 g/mol.